The Labute approximate surface area is 98.0 Å². The van der Waals surface area contributed by atoms with Crippen LogP contribution >= 0.6 is 31.9 Å². The first-order chi connectivity index (χ1) is 6.66. The summed E-state index contributed by atoms with van der Waals surface area (Å²) in [5.41, 5.74) is 7.47. The highest BCUT2D eigenvalue weighted by atomic mass is 79.9. The van der Waals surface area contributed by atoms with Gasteiger partial charge in [0.1, 0.15) is 5.82 Å². The van der Waals surface area contributed by atoms with E-state index in [2.05, 4.69) is 42.1 Å². The zero-order valence-corrected chi connectivity index (χ0v) is 10.3. The highest BCUT2D eigenvalue weighted by Gasteiger charge is 2.05. The first-order valence-electron chi connectivity index (χ1n) is 3.93. The van der Waals surface area contributed by atoms with Gasteiger partial charge in [0.2, 0.25) is 0 Å². The molecule has 0 spiro atoms. The molecule has 0 aliphatic heterocycles. The molecule has 2 rings (SSSR count). The summed E-state index contributed by atoms with van der Waals surface area (Å²) < 4.78 is 2.02. The Morgan fingerprint density at radius 2 is 2.00 bits per heavy atom. The number of hydrogen-bond donors (Lipinski definition) is 2. The molecule has 1 heterocycles. The minimum absolute atomic E-state index is 0.495. The van der Waals surface area contributed by atoms with E-state index in [1.807, 2.05) is 18.2 Å². The van der Waals surface area contributed by atoms with Crippen LogP contribution in [-0.4, -0.2) is 10.2 Å². The van der Waals surface area contributed by atoms with Gasteiger partial charge in [0.25, 0.3) is 0 Å². The summed E-state index contributed by atoms with van der Waals surface area (Å²) in [7, 11) is 0. The lowest BCUT2D eigenvalue weighted by Gasteiger charge is -2.01. The topological polar surface area (TPSA) is 54.7 Å². The first kappa shape index (κ1) is 9.73. The zero-order chi connectivity index (χ0) is 10.1. The van der Waals surface area contributed by atoms with Crippen LogP contribution in [0.25, 0.3) is 11.3 Å². The molecule has 14 heavy (non-hydrogen) atoms. The molecule has 0 saturated carbocycles. The normalized spacial score (nSPS) is 10.4. The second-order valence-electron chi connectivity index (χ2n) is 2.83. The number of hydrogen-bond acceptors (Lipinski definition) is 2. The molecule has 72 valence electrons. The van der Waals surface area contributed by atoms with Gasteiger partial charge in [-0.25, -0.2) is 0 Å². The van der Waals surface area contributed by atoms with E-state index in [1.165, 1.54) is 0 Å². The van der Waals surface area contributed by atoms with Crippen LogP contribution in [0.15, 0.2) is 33.2 Å². The van der Waals surface area contributed by atoms with Gasteiger partial charge in [0.15, 0.2) is 0 Å². The van der Waals surface area contributed by atoms with E-state index < -0.39 is 0 Å². The van der Waals surface area contributed by atoms with E-state index in [0.29, 0.717) is 5.82 Å². The minimum atomic E-state index is 0.495. The van der Waals surface area contributed by atoms with Crippen molar-refractivity contribution in [1.82, 2.24) is 10.2 Å². The van der Waals surface area contributed by atoms with Crippen molar-refractivity contribution < 1.29 is 0 Å². The van der Waals surface area contributed by atoms with E-state index in [4.69, 9.17) is 5.73 Å². The molecule has 0 fully saturated rings. The Kier molecular flexibility index (Phi) is 2.60. The molecule has 0 radical (unpaired) electrons. The minimum Gasteiger partial charge on any atom is -0.382 e. The summed E-state index contributed by atoms with van der Waals surface area (Å²) in [6.07, 6.45) is 0. The highest BCUT2D eigenvalue weighted by molar-refractivity contribution is 9.11. The Morgan fingerprint density at radius 1 is 1.21 bits per heavy atom. The molecule has 0 aliphatic carbocycles. The van der Waals surface area contributed by atoms with Crippen LogP contribution < -0.4 is 5.73 Å². The predicted octanol–water partition coefficient (Wildman–Crippen LogP) is 3.18. The van der Waals surface area contributed by atoms with Crippen LogP contribution in [0.1, 0.15) is 0 Å². The van der Waals surface area contributed by atoms with E-state index in [1.54, 1.807) is 6.07 Å². The van der Waals surface area contributed by atoms with Crippen molar-refractivity contribution in [2.75, 3.05) is 5.73 Å². The number of aromatic nitrogens is 2. The van der Waals surface area contributed by atoms with Crippen LogP contribution in [0.5, 0.6) is 0 Å². The van der Waals surface area contributed by atoms with Gasteiger partial charge in [-0.15, -0.1) is 0 Å². The number of halogens is 2. The summed E-state index contributed by atoms with van der Waals surface area (Å²) in [4.78, 5) is 0. The van der Waals surface area contributed by atoms with Crippen LogP contribution in [0.2, 0.25) is 0 Å². The number of nitrogens with two attached hydrogens (primary N) is 1. The molecule has 3 N–H and O–H groups in total. The molecule has 2 aromatic rings. The SMILES string of the molecule is Nc1cc(-c2ccc(Br)cc2Br)[nH]n1. The number of nitrogen functional groups attached to an aromatic ring is 1. The van der Waals surface area contributed by atoms with Crippen molar-refractivity contribution in [3.8, 4) is 11.3 Å². The largest absolute Gasteiger partial charge is 0.382 e. The number of nitrogens with one attached hydrogen (secondary N) is 1. The maximum atomic E-state index is 5.53. The standard InChI is InChI=1S/C9H7Br2N3/c10-5-1-2-6(7(11)3-5)8-4-9(12)14-13-8/h1-4H,(H3,12,13,14). The van der Waals surface area contributed by atoms with Crippen molar-refractivity contribution in [1.29, 1.82) is 0 Å². The lowest BCUT2D eigenvalue weighted by molar-refractivity contribution is 1.10. The van der Waals surface area contributed by atoms with E-state index in [9.17, 15) is 0 Å². The fraction of sp³-hybridized carbons (Fsp3) is 0. The number of nitrogens with zero attached hydrogens (tertiary/aromatic N) is 1. The predicted molar refractivity (Wildman–Crippen MR) is 63.8 cm³/mol. The number of H-pyrrole nitrogens is 1. The van der Waals surface area contributed by atoms with Gasteiger partial charge in [-0.3, -0.25) is 5.10 Å². The molecular weight excluding hydrogens is 310 g/mol. The summed E-state index contributed by atoms with van der Waals surface area (Å²) in [6, 6.07) is 7.73. The van der Waals surface area contributed by atoms with Crippen LogP contribution in [0.4, 0.5) is 5.82 Å². The Morgan fingerprint density at radius 3 is 2.57 bits per heavy atom. The summed E-state index contributed by atoms with van der Waals surface area (Å²) in [5, 5.41) is 6.74. The average Bonchev–Trinajstić information content (AvgIpc) is 2.51. The monoisotopic (exact) mass is 315 g/mol. The Bertz CT molecular complexity index is 465. The highest BCUT2D eigenvalue weighted by Crippen LogP contribution is 2.29. The van der Waals surface area contributed by atoms with Gasteiger partial charge in [-0.1, -0.05) is 37.9 Å². The molecule has 0 atom stereocenters. The molecule has 0 bridgehead atoms. The maximum absolute atomic E-state index is 5.53. The van der Waals surface area contributed by atoms with Crippen molar-refractivity contribution in [3.63, 3.8) is 0 Å². The fourth-order valence-electron chi connectivity index (χ4n) is 1.18. The number of aromatic amines is 1. The fourth-order valence-corrected chi connectivity index (χ4v) is 2.44. The summed E-state index contributed by atoms with van der Waals surface area (Å²) >= 11 is 6.87. The zero-order valence-electron chi connectivity index (χ0n) is 7.09. The van der Waals surface area contributed by atoms with Gasteiger partial charge in [-0.05, 0) is 12.1 Å². The lowest BCUT2D eigenvalue weighted by Crippen LogP contribution is -1.81. The number of rotatable bonds is 1. The molecule has 0 unspecified atom stereocenters. The third-order valence-corrected chi connectivity index (χ3v) is 2.97. The van der Waals surface area contributed by atoms with Crippen LogP contribution in [0.3, 0.4) is 0 Å². The van der Waals surface area contributed by atoms with Gasteiger partial charge in [0, 0.05) is 20.6 Å². The van der Waals surface area contributed by atoms with Crippen molar-refractivity contribution in [3.05, 3.63) is 33.2 Å². The maximum Gasteiger partial charge on any atom is 0.145 e. The van der Waals surface area contributed by atoms with E-state index >= 15 is 0 Å². The van der Waals surface area contributed by atoms with Crippen LogP contribution in [-0.2, 0) is 0 Å². The number of benzene rings is 1. The Hall–Kier alpha value is -0.810. The summed E-state index contributed by atoms with van der Waals surface area (Å²) in [6.45, 7) is 0. The first-order valence-corrected chi connectivity index (χ1v) is 5.52. The van der Waals surface area contributed by atoms with Crippen molar-refractivity contribution in [2.45, 2.75) is 0 Å². The van der Waals surface area contributed by atoms with E-state index in [0.717, 1.165) is 20.2 Å². The molecule has 0 aliphatic rings. The molecule has 0 saturated heterocycles. The smallest absolute Gasteiger partial charge is 0.145 e. The van der Waals surface area contributed by atoms with Crippen LogP contribution in [0, 0.1) is 0 Å². The van der Waals surface area contributed by atoms with Gasteiger partial charge in [0.05, 0.1) is 5.69 Å². The molecule has 1 aromatic carbocycles. The third kappa shape index (κ3) is 1.83. The van der Waals surface area contributed by atoms with Gasteiger partial charge in [-0.2, -0.15) is 5.10 Å². The molecule has 5 heteroatoms. The molecule has 0 amide bonds. The number of anilines is 1. The molecule has 3 nitrogen and oxygen atoms in total. The second-order valence-corrected chi connectivity index (χ2v) is 4.60. The molecular formula is C9H7Br2N3. The second kappa shape index (κ2) is 3.74. The van der Waals surface area contributed by atoms with E-state index in [-0.39, 0.29) is 0 Å². The quantitative estimate of drug-likeness (QED) is 0.849. The van der Waals surface area contributed by atoms with Gasteiger partial charge >= 0.3 is 0 Å². The van der Waals surface area contributed by atoms with Crippen molar-refractivity contribution >= 4 is 37.7 Å². The summed E-state index contributed by atoms with van der Waals surface area (Å²) in [5.74, 6) is 0.495. The van der Waals surface area contributed by atoms with Crippen molar-refractivity contribution in [2.24, 2.45) is 0 Å². The third-order valence-electron chi connectivity index (χ3n) is 1.82. The lowest BCUT2D eigenvalue weighted by atomic mass is 10.1. The van der Waals surface area contributed by atoms with Gasteiger partial charge < -0.3 is 5.73 Å². The molecule has 1 aromatic heterocycles. The Balaban J connectivity index is 2.52. The average molecular weight is 317 g/mol.